The van der Waals surface area contributed by atoms with Gasteiger partial charge in [0.15, 0.2) is 0 Å². The van der Waals surface area contributed by atoms with Gasteiger partial charge in [-0.2, -0.15) is 11.8 Å². The largest absolute Gasteiger partial charge is 0.353 e. The fraction of sp³-hybridized carbons (Fsp3) is 0.533. The Labute approximate surface area is 145 Å². The molecule has 1 aromatic rings. The van der Waals surface area contributed by atoms with Crippen LogP contribution >= 0.6 is 40.1 Å². The van der Waals surface area contributed by atoms with Crippen molar-refractivity contribution in [3.63, 3.8) is 0 Å². The molecule has 2 unspecified atom stereocenters. The van der Waals surface area contributed by atoms with Gasteiger partial charge >= 0.3 is 0 Å². The maximum atomic E-state index is 12.0. The summed E-state index contributed by atoms with van der Waals surface area (Å²) in [6, 6.07) is 8.63. The standard InChI is InChI=1S/C15H21BrN2OS.ClH/c1-11(8-12-4-2-3-5-14(12)16)18-15(19)9-13-10-20-7-6-17-13;/h2-5,11,13,17H,6-10H2,1H3,(H,18,19);1H. The number of carbonyl (C=O) groups excluding carboxylic acids is 1. The monoisotopic (exact) mass is 392 g/mol. The van der Waals surface area contributed by atoms with E-state index in [1.54, 1.807) is 0 Å². The van der Waals surface area contributed by atoms with E-state index in [4.69, 9.17) is 0 Å². The first-order chi connectivity index (χ1) is 9.65. The smallest absolute Gasteiger partial charge is 0.221 e. The van der Waals surface area contributed by atoms with Gasteiger partial charge in [-0.05, 0) is 25.0 Å². The Hall–Kier alpha value is -0.230. The zero-order chi connectivity index (χ0) is 14.4. The second-order valence-electron chi connectivity index (χ2n) is 5.19. The maximum Gasteiger partial charge on any atom is 0.221 e. The van der Waals surface area contributed by atoms with Crippen molar-refractivity contribution in [3.8, 4) is 0 Å². The number of rotatable bonds is 5. The molecule has 118 valence electrons. The van der Waals surface area contributed by atoms with Crippen LogP contribution in [0.3, 0.4) is 0 Å². The van der Waals surface area contributed by atoms with Gasteiger partial charge in [0.25, 0.3) is 0 Å². The van der Waals surface area contributed by atoms with E-state index in [0.717, 1.165) is 28.9 Å². The molecule has 21 heavy (non-hydrogen) atoms. The number of thioether (sulfide) groups is 1. The summed E-state index contributed by atoms with van der Waals surface area (Å²) in [4.78, 5) is 12.0. The average Bonchev–Trinajstić information content (AvgIpc) is 2.42. The molecule has 1 aromatic carbocycles. The summed E-state index contributed by atoms with van der Waals surface area (Å²) in [5, 5.41) is 6.49. The zero-order valence-corrected chi connectivity index (χ0v) is 15.3. The Morgan fingerprint density at radius 3 is 2.95 bits per heavy atom. The van der Waals surface area contributed by atoms with Gasteiger partial charge in [-0.25, -0.2) is 0 Å². The minimum Gasteiger partial charge on any atom is -0.353 e. The molecule has 2 atom stereocenters. The van der Waals surface area contributed by atoms with E-state index in [2.05, 4.69) is 39.6 Å². The number of benzene rings is 1. The maximum absolute atomic E-state index is 12.0. The van der Waals surface area contributed by atoms with Crippen molar-refractivity contribution >= 4 is 46.0 Å². The quantitative estimate of drug-likeness (QED) is 0.808. The Balaban J connectivity index is 0.00000220. The van der Waals surface area contributed by atoms with Crippen LogP contribution in [0.4, 0.5) is 0 Å². The van der Waals surface area contributed by atoms with Crippen LogP contribution in [-0.4, -0.2) is 36.0 Å². The summed E-state index contributed by atoms with van der Waals surface area (Å²) < 4.78 is 1.10. The van der Waals surface area contributed by atoms with Gasteiger partial charge in [0.1, 0.15) is 0 Å². The number of amides is 1. The third-order valence-corrected chi connectivity index (χ3v) is 5.23. The van der Waals surface area contributed by atoms with Gasteiger partial charge in [0, 0.05) is 41.0 Å². The molecule has 1 heterocycles. The van der Waals surface area contributed by atoms with Gasteiger partial charge < -0.3 is 10.6 Å². The first-order valence-electron chi connectivity index (χ1n) is 6.99. The Morgan fingerprint density at radius 1 is 1.52 bits per heavy atom. The molecular weight excluding hydrogens is 372 g/mol. The van der Waals surface area contributed by atoms with Crippen molar-refractivity contribution in [2.45, 2.75) is 31.8 Å². The molecular formula is C15H22BrClN2OS. The molecule has 0 radical (unpaired) electrons. The molecule has 6 heteroatoms. The van der Waals surface area contributed by atoms with E-state index in [1.807, 2.05) is 30.0 Å². The van der Waals surface area contributed by atoms with Crippen LogP contribution in [0, 0.1) is 0 Å². The number of hydrogen-bond acceptors (Lipinski definition) is 3. The SMILES string of the molecule is CC(Cc1ccccc1Br)NC(=O)CC1CSCCN1.Cl. The summed E-state index contributed by atoms with van der Waals surface area (Å²) in [5.41, 5.74) is 1.23. The van der Waals surface area contributed by atoms with E-state index in [0.29, 0.717) is 12.5 Å². The predicted molar refractivity (Wildman–Crippen MR) is 96.4 cm³/mol. The van der Waals surface area contributed by atoms with Gasteiger partial charge in [0.05, 0.1) is 0 Å². The first kappa shape index (κ1) is 18.8. The van der Waals surface area contributed by atoms with Crippen LogP contribution < -0.4 is 10.6 Å². The van der Waals surface area contributed by atoms with Crippen molar-refractivity contribution in [1.29, 1.82) is 0 Å². The highest BCUT2D eigenvalue weighted by Crippen LogP contribution is 2.17. The average molecular weight is 394 g/mol. The lowest BCUT2D eigenvalue weighted by Gasteiger charge is -2.23. The summed E-state index contributed by atoms with van der Waals surface area (Å²) in [6.45, 7) is 3.06. The summed E-state index contributed by atoms with van der Waals surface area (Å²) >= 11 is 5.46. The molecule has 0 saturated carbocycles. The van der Waals surface area contributed by atoms with Crippen LogP contribution in [-0.2, 0) is 11.2 Å². The van der Waals surface area contributed by atoms with Gasteiger partial charge in [-0.1, -0.05) is 34.1 Å². The van der Waals surface area contributed by atoms with E-state index in [1.165, 1.54) is 5.56 Å². The molecule has 1 fully saturated rings. The van der Waals surface area contributed by atoms with Crippen LogP contribution in [0.25, 0.3) is 0 Å². The van der Waals surface area contributed by atoms with E-state index in [9.17, 15) is 4.79 Å². The summed E-state index contributed by atoms with van der Waals surface area (Å²) in [6.07, 6.45) is 1.42. The molecule has 0 aromatic heterocycles. The zero-order valence-electron chi connectivity index (χ0n) is 12.1. The van der Waals surface area contributed by atoms with Crippen LogP contribution in [0.1, 0.15) is 18.9 Å². The molecule has 1 aliphatic rings. The molecule has 2 N–H and O–H groups in total. The number of hydrogen-bond donors (Lipinski definition) is 2. The highest BCUT2D eigenvalue weighted by molar-refractivity contribution is 9.10. The van der Waals surface area contributed by atoms with Gasteiger partial charge in [-0.15, -0.1) is 12.4 Å². The summed E-state index contributed by atoms with van der Waals surface area (Å²) in [7, 11) is 0. The third-order valence-electron chi connectivity index (χ3n) is 3.32. The van der Waals surface area contributed by atoms with Crippen molar-refractivity contribution in [3.05, 3.63) is 34.3 Å². The Bertz CT molecular complexity index is 455. The number of halogens is 2. The topological polar surface area (TPSA) is 41.1 Å². The second kappa shape index (κ2) is 9.72. The predicted octanol–water partition coefficient (Wildman–Crippen LogP) is 3.01. The van der Waals surface area contributed by atoms with Gasteiger partial charge in [-0.3, -0.25) is 4.79 Å². The van der Waals surface area contributed by atoms with Gasteiger partial charge in [0.2, 0.25) is 5.91 Å². The second-order valence-corrected chi connectivity index (χ2v) is 7.20. The molecule has 0 bridgehead atoms. The molecule has 1 amide bonds. The number of nitrogens with one attached hydrogen (secondary N) is 2. The fourth-order valence-corrected chi connectivity index (χ4v) is 3.75. The van der Waals surface area contributed by atoms with Crippen LogP contribution in [0.2, 0.25) is 0 Å². The van der Waals surface area contributed by atoms with Crippen LogP contribution in [0.15, 0.2) is 28.7 Å². The third kappa shape index (κ3) is 6.59. The lowest BCUT2D eigenvalue weighted by Crippen LogP contribution is -2.43. The van der Waals surface area contributed by atoms with Crippen molar-refractivity contribution in [2.75, 3.05) is 18.1 Å². The lowest BCUT2D eigenvalue weighted by atomic mass is 10.1. The summed E-state index contributed by atoms with van der Waals surface area (Å²) in [5.74, 6) is 2.33. The highest BCUT2D eigenvalue weighted by atomic mass is 79.9. The molecule has 2 rings (SSSR count). The van der Waals surface area contributed by atoms with E-state index in [-0.39, 0.29) is 24.4 Å². The van der Waals surface area contributed by atoms with E-state index < -0.39 is 0 Å². The molecule has 0 aliphatic carbocycles. The molecule has 1 aliphatic heterocycles. The van der Waals surface area contributed by atoms with Crippen molar-refractivity contribution in [2.24, 2.45) is 0 Å². The first-order valence-corrected chi connectivity index (χ1v) is 8.94. The minimum atomic E-state index is 0. The minimum absolute atomic E-state index is 0. The normalized spacial score (nSPS) is 19.4. The van der Waals surface area contributed by atoms with Crippen LogP contribution in [0.5, 0.6) is 0 Å². The Morgan fingerprint density at radius 2 is 2.29 bits per heavy atom. The molecule has 1 saturated heterocycles. The molecule has 3 nitrogen and oxygen atoms in total. The van der Waals surface area contributed by atoms with Crippen molar-refractivity contribution in [1.82, 2.24) is 10.6 Å². The van der Waals surface area contributed by atoms with Crippen molar-refractivity contribution < 1.29 is 4.79 Å². The highest BCUT2D eigenvalue weighted by Gasteiger charge is 2.18. The number of carbonyl (C=O) groups is 1. The lowest BCUT2D eigenvalue weighted by molar-refractivity contribution is -0.122. The molecule has 0 spiro atoms. The fourth-order valence-electron chi connectivity index (χ4n) is 2.35. The Kier molecular flexibility index (Phi) is 8.71. The van der Waals surface area contributed by atoms with E-state index >= 15 is 0 Å².